The molecular formula is C10H14N4S. The van der Waals surface area contributed by atoms with Gasteiger partial charge in [0.25, 0.3) is 0 Å². The van der Waals surface area contributed by atoms with Crippen molar-refractivity contribution in [3.05, 3.63) is 17.3 Å². The van der Waals surface area contributed by atoms with E-state index in [0.29, 0.717) is 5.65 Å². The van der Waals surface area contributed by atoms with Crippen LogP contribution in [0.4, 0.5) is 0 Å². The summed E-state index contributed by atoms with van der Waals surface area (Å²) < 4.78 is 4.69. The molecule has 2 rings (SSSR count). The van der Waals surface area contributed by atoms with Crippen molar-refractivity contribution in [3.63, 3.8) is 0 Å². The van der Waals surface area contributed by atoms with Crippen LogP contribution in [0.15, 0.2) is 12.7 Å². The first-order valence-corrected chi connectivity index (χ1v) is 5.21. The number of aromatic nitrogens is 4. The van der Waals surface area contributed by atoms with E-state index in [1.165, 1.54) is 0 Å². The number of imidazole rings is 1. The summed E-state index contributed by atoms with van der Waals surface area (Å²) in [6.07, 6.45) is 3.50. The zero-order chi connectivity index (χ0) is 11.2. The van der Waals surface area contributed by atoms with Crippen molar-refractivity contribution in [1.29, 1.82) is 0 Å². The Morgan fingerprint density at radius 1 is 1.20 bits per heavy atom. The molecule has 0 aliphatic rings. The van der Waals surface area contributed by atoms with Crippen LogP contribution in [0.3, 0.4) is 0 Å². The molecule has 2 aromatic rings. The summed E-state index contributed by atoms with van der Waals surface area (Å²) in [4.78, 5) is 8.47. The first-order chi connectivity index (χ1) is 6.91. The SMILES string of the molecule is Cn1cnc2ncn(C(C)(C)C)c(=S)c21. The van der Waals surface area contributed by atoms with E-state index in [4.69, 9.17) is 12.2 Å². The summed E-state index contributed by atoms with van der Waals surface area (Å²) in [5.74, 6) is 0. The Balaban J connectivity index is 2.87. The molecule has 0 N–H and O–H groups in total. The summed E-state index contributed by atoms with van der Waals surface area (Å²) >= 11 is 5.45. The highest BCUT2D eigenvalue weighted by molar-refractivity contribution is 7.71. The molecule has 0 saturated heterocycles. The van der Waals surface area contributed by atoms with Crippen molar-refractivity contribution >= 4 is 23.4 Å². The number of fused-ring (bicyclic) bond motifs is 1. The van der Waals surface area contributed by atoms with Gasteiger partial charge < -0.3 is 9.13 Å². The molecule has 0 radical (unpaired) electrons. The third kappa shape index (κ3) is 1.56. The zero-order valence-corrected chi connectivity index (χ0v) is 10.2. The maximum absolute atomic E-state index is 5.45. The lowest BCUT2D eigenvalue weighted by molar-refractivity contribution is 0.387. The van der Waals surface area contributed by atoms with Crippen LogP contribution in [0.5, 0.6) is 0 Å². The second-order valence-electron chi connectivity index (χ2n) is 4.62. The fourth-order valence-electron chi connectivity index (χ4n) is 1.52. The van der Waals surface area contributed by atoms with Crippen molar-refractivity contribution in [2.24, 2.45) is 7.05 Å². The predicted molar refractivity (Wildman–Crippen MR) is 62.3 cm³/mol. The zero-order valence-electron chi connectivity index (χ0n) is 9.35. The normalized spacial score (nSPS) is 12.3. The number of nitrogens with zero attached hydrogens (tertiary/aromatic N) is 4. The largest absolute Gasteiger partial charge is 0.330 e. The van der Waals surface area contributed by atoms with E-state index in [-0.39, 0.29) is 5.54 Å². The summed E-state index contributed by atoms with van der Waals surface area (Å²) in [6.45, 7) is 6.31. The molecule has 5 heteroatoms. The maximum Gasteiger partial charge on any atom is 0.182 e. The van der Waals surface area contributed by atoms with Crippen LogP contribution in [0.1, 0.15) is 20.8 Å². The standard InChI is InChI=1S/C10H14N4S/c1-10(2,3)14-6-12-8-7(9(14)15)13(4)5-11-8/h5-6H,1-4H3. The van der Waals surface area contributed by atoms with Gasteiger partial charge in [0.15, 0.2) is 5.65 Å². The minimum Gasteiger partial charge on any atom is -0.330 e. The third-order valence-electron chi connectivity index (χ3n) is 2.36. The average Bonchev–Trinajstić information content (AvgIpc) is 2.46. The average molecular weight is 222 g/mol. The molecule has 15 heavy (non-hydrogen) atoms. The third-order valence-corrected chi connectivity index (χ3v) is 2.75. The minimum absolute atomic E-state index is 0.0530. The Kier molecular flexibility index (Phi) is 2.15. The van der Waals surface area contributed by atoms with E-state index in [2.05, 4.69) is 30.7 Å². The van der Waals surface area contributed by atoms with Gasteiger partial charge in [-0.1, -0.05) is 12.2 Å². The van der Waals surface area contributed by atoms with Gasteiger partial charge in [0.1, 0.15) is 10.2 Å². The number of rotatable bonds is 0. The Hall–Kier alpha value is -1.23. The van der Waals surface area contributed by atoms with Crippen molar-refractivity contribution in [2.75, 3.05) is 0 Å². The van der Waals surface area contributed by atoms with Crippen molar-refractivity contribution in [1.82, 2.24) is 19.1 Å². The van der Waals surface area contributed by atoms with E-state index in [1.54, 1.807) is 12.7 Å². The molecule has 4 nitrogen and oxygen atoms in total. The molecule has 0 amide bonds. The summed E-state index contributed by atoms with van der Waals surface area (Å²) in [5, 5.41) is 0. The highest BCUT2D eigenvalue weighted by atomic mass is 32.1. The molecule has 0 aromatic carbocycles. The highest BCUT2D eigenvalue weighted by Gasteiger charge is 2.15. The minimum atomic E-state index is -0.0530. The lowest BCUT2D eigenvalue weighted by Gasteiger charge is -2.22. The molecule has 0 bridgehead atoms. The van der Waals surface area contributed by atoms with Crippen molar-refractivity contribution < 1.29 is 0 Å². The second kappa shape index (κ2) is 3.13. The van der Waals surface area contributed by atoms with Gasteiger partial charge in [0.05, 0.1) is 12.7 Å². The Morgan fingerprint density at radius 2 is 1.80 bits per heavy atom. The van der Waals surface area contributed by atoms with Crippen LogP contribution < -0.4 is 0 Å². The van der Waals surface area contributed by atoms with E-state index in [1.807, 2.05) is 16.2 Å². The van der Waals surface area contributed by atoms with Crippen molar-refractivity contribution in [3.8, 4) is 0 Å². The molecule has 0 saturated carbocycles. The second-order valence-corrected chi connectivity index (χ2v) is 5.00. The Labute approximate surface area is 93.6 Å². The van der Waals surface area contributed by atoms with Crippen LogP contribution in [0.25, 0.3) is 11.2 Å². The molecule has 0 atom stereocenters. The van der Waals surface area contributed by atoms with Crippen LogP contribution in [-0.2, 0) is 12.6 Å². The predicted octanol–water partition coefficient (Wildman–Crippen LogP) is 2.25. The van der Waals surface area contributed by atoms with E-state index < -0.39 is 0 Å². The number of hydrogen-bond acceptors (Lipinski definition) is 3. The first-order valence-electron chi connectivity index (χ1n) is 4.80. The number of hydrogen-bond donors (Lipinski definition) is 0. The monoisotopic (exact) mass is 222 g/mol. The highest BCUT2D eigenvalue weighted by Crippen LogP contribution is 2.18. The van der Waals surface area contributed by atoms with E-state index in [9.17, 15) is 0 Å². The fraction of sp³-hybridized carbons (Fsp3) is 0.500. The van der Waals surface area contributed by atoms with Gasteiger partial charge in [0, 0.05) is 12.6 Å². The quantitative estimate of drug-likeness (QED) is 0.641. The van der Waals surface area contributed by atoms with Gasteiger partial charge in [-0.25, -0.2) is 9.97 Å². The van der Waals surface area contributed by atoms with Gasteiger partial charge >= 0.3 is 0 Å². The molecule has 80 valence electrons. The number of aryl methyl sites for hydroxylation is 1. The summed E-state index contributed by atoms with van der Waals surface area (Å²) in [5.41, 5.74) is 1.58. The van der Waals surface area contributed by atoms with E-state index in [0.717, 1.165) is 10.2 Å². The lowest BCUT2D eigenvalue weighted by atomic mass is 10.1. The van der Waals surface area contributed by atoms with Crippen LogP contribution in [-0.4, -0.2) is 19.1 Å². The molecule has 0 unspecified atom stereocenters. The van der Waals surface area contributed by atoms with Gasteiger partial charge in [-0.05, 0) is 20.8 Å². The molecule has 0 spiro atoms. The van der Waals surface area contributed by atoms with Gasteiger partial charge in [0.2, 0.25) is 0 Å². The van der Waals surface area contributed by atoms with Crippen molar-refractivity contribution in [2.45, 2.75) is 26.3 Å². The Morgan fingerprint density at radius 3 is 2.40 bits per heavy atom. The molecule has 0 aliphatic heterocycles. The molecule has 2 heterocycles. The molecule has 2 aromatic heterocycles. The smallest absolute Gasteiger partial charge is 0.182 e. The maximum atomic E-state index is 5.45. The summed E-state index contributed by atoms with van der Waals surface area (Å²) in [7, 11) is 1.93. The first kappa shape index (κ1) is 10.3. The van der Waals surface area contributed by atoms with Gasteiger partial charge in [-0.3, -0.25) is 0 Å². The van der Waals surface area contributed by atoms with E-state index >= 15 is 0 Å². The van der Waals surface area contributed by atoms with Crippen LogP contribution in [0.2, 0.25) is 0 Å². The Bertz CT molecular complexity index is 559. The molecule has 0 fully saturated rings. The van der Waals surface area contributed by atoms with Crippen LogP contribution >= 0.6 is 12.2 Å². The fourth-order valence-corrected chi connectivity index (χ4v) is 2.07. The molecule has 0 aliphatic carbocycles. The van der Waals surface area contributed by atoms with Crippen LogP contribution in [0, 0.1) is 4.64 Å². The van der Waals surface area contributed by atoms with Gasteiger partial charge in [-0.2, -0.15) is 0 Å². The summed E-state index contributed by atoms with van der Waals surface area (Å²) in [6, 6.07) is 0. The van der Waals surface area contributed by atoms with Gasteiger partial charge in [-0.15, -0.1) is 0 Å². The lowest BCUT2D eigenvalue weighted by Crippen LogP contribution is -2.23. The topological polar surface area (TPSA) is 35.6 Å². The molecular weight excluding hydrogens is 208 g/mol.